The van der Waals surface area contributed by atoms with Crippen molar-refractivity contribution in [2.75, 3.05) is 0 Å². The van der Waals surface area contributed by atoms with E-state index in [0.29, 0.717) is 66.1 Å². The molecule has 4 aromatic carbocycles. The van der Waals surface area contributed by atoms with E-state index in [1.54, 1.807) is 0 Å². The number of hydrogen-bond acceptors (Lipinski definition) is 8. The summed E-state index contributed by atoms with van der Waals surface area (Å²) in [6, 6.07) is 11.9. The molecule has 0 spiro atoms. The first-order valence-corrected chi connectivity index (χ1v) is 11.8. The first kappa shape index (κ1) is 23.1. The molecular weight excluding hydrogens is 520 g/mol. The molecule has 0 aliphatic carbocycles. The van der Waals surface area contributed by atoms with E-state index in [4.69, 9.17) is 0 Å². The SMILES string of the molecule is O=C1NC(=O)c2ccc3c4c(ccc1c24)C(=O)NC3=O.O=C1NC(=O)c2ccc3c4c(ccc1c24)C(=O)NC3=O. The molecule has 40 heavy (non-hydrogen) atoms. The van der Waals surface area contributed by atoms with Crippen molar-refractivity contribution in [2.45, 2.75) is 0 Å². The molecule has 0 bridgehead atoms. The second-order valence-electron chi connectivity index (χ2n) is 9.28. The second kappa shape index (κ2) is 7.74. The van der Waals surface area contributed by atoms with Crippen molar-refractivity contribution in [3.05, 3.63) is 93.0 Å². The highest BCUT2D eigenvalue weighted by atomic mass is 16.2. The van der Waals surface area contributed by atoms with Gasteiger partial charge in [0.15, 0.2) is 0 Å². The van der Waals surface area contributed by atoms with Crippen LogP contribution in [0.15, 0.2) is 48.5 Å². The van der Waals surface area contributed by atoms with Crippen LogP contribution in [0.2, 0.25) is 0 Å². The van der Waals surface area contributed by atoms with Crippen molar-refractivity contribution in [2.24, 2.45) is 0 Å². The van der Waals surface area contributed by atoms with Crippen LogP contribution in [0.4, 0.5) is 0 Å². The topological polar surface area (TPSA) is 185 Å². The largest absolute Gasteiger partial charge is 0.288 e. The van der Waals surface area contributed by atoms with E-state index in [-0.39, 0.29) is 0 Å². The molecule has 12 heteroatoms. The van der Waals surface area contributed by atoms with E-state index >= 15 is 0 Å². The van der Waals surface area contributed by atoms with Gasteiger partial charge in [0.1, 0.15) is 0 Å². The lowest BCUT2D eigenvalue weighted by Crippen LogP contribution is -2.38. The fraction of sp³-hybridized carbons (Fsp3) is 0. The molecule has 0 unspecified atom stereocenters. The first-order chi connectivity index (χ1) is 19.2. The lowest BCUT2D eigenvalue weighted by atomic mass is 9.87. The number of carbonyl (C=O) groups excluding carboxylic acids is 8. The molecule has 4 N–H and O–H groups in total. The molecule has 12 nitrogen and oxygen atoms in total. The molecule has 4 heterocycles. The van der Waals surface area contributed by atoms with E-state index in [1.807, 2.05) is 0 Å². The molecule has 0 saturated heterocycles. The summed E-state index contributed by atoms with van der Waals surface area (Å²) in [7, 11) is 0. The van der Waals surface area contributed by atoms with Crippen LogP contribution in [-0.2, 0) is 0 Å². The third-order valence-corrected chi connectivity index (χ3v) is 7.19. The number of rotatable bonds is 0. The number of benzene rings is 4. The van der Waals surface area contributed by atoms with Crippen LogP contribution in [0.5, 0.6) is 0 Å². The van der Waals surface area contributed by atoms with E-state index in [2.05, 4.69) is 21.3 Å². The summed E-state index contributed by atoms with van der Waals surface area (Å²) in [5.41, 5.74) is 2.35. The van der Waals surface area contributed by atoms with Crippen LogP contribution >= 0.6 is 0 Å². The van der Waals surface area contributed by atoms with Gasteiger partial charge in [-0.15, -0.1) is 0 Å². The Kier molecular flexibility index (Phi) is 4.47. The minimum Gasteiger partial charge on any atom is -0.288 e. The van der Waals surface area contributed by atoms with Crippen LogP contribution in [0.25, 0.3) is 21.5 Å². The van der Waals surface area contributed by atoms with Crippen molar-refractivity contribution in [3.8, 4) is 0 Å². The predicted molar refractivity (Wildman–Crippen MR) is 135 cm³/mol. The van der Waals surface area contributed by atoms with Crippen molar-refractivity contribution in [1.29, 1.82) is 0 Å². The van der Waals surface area contributed by atoms with Crippen LogP contribution in [0, 0.1) is 0 Å². The van der Waals surface area contributed by atoms with E-state index < -0.39 is 47.3 Å². The Hall–Kier alpha value is -6.04. The van der Waals surface area contributed by atoms with Crippen molar-refractivity contribution >= 4 is 68.8 Å². The fourth-order valence-electron chi connectivity index (χ4n) is 5.46. The van der Waals surface area contributed by atoms with E-state index in [1.165, 1.54) is 48.5 Å². The molecule has 4 aliphatic heterocycles. The van der Waals surface area contributed by atoms with Crippen LogP contribution in [0.3, 0.4) is 0 Å². The van der Waals surface area contributed by atoms with Gasteiger partial charge in [-0.2, -0.15) is 0 Å². The van der Waals surface area contributed by atoms with Gasteiger partial charge in [-0.3, -0.25) is 59.6 Å². The van der Waals surface area contributed by atoms with Gasteiger partial charge in [0.05, 0.1) is 0 Å². The smallest absolute Gasteiger partial charge is 0.258 e. The Morgan fingerprint density at radius 3 is 0.500 bits per heavy atom. The minimum atomic E-state index is -0.523. The van der Waals surface area contributed by atoms with Crippen molar-refractivity contribution in [3.63, 3.8) is 0 Å². The zero-order valence-electron chi connectivity index (χ0n) is 19.9. The Morgan fingerprint density at radius 1 is 0.250 bits per heavy atom. The molecule has 0 fully saturated rings. The first-order valence-electron chi connectivity index (χ1n) is 11.8. The fourth-order valence-corrected chi connectivity index (χ4v) is 5.46. The normalized spacial score (nSPS) is 16.2. The Balaban J connectivity index is 0.000000132. The highest BCUT2D eigenvalue weighted by Crippen LogP contribution is 2.35. The summed E-state index contributed by atoms with van der Waals surface area (Å²) in [4.78, 5) is 94.9. The maximum Gasteiger partial charge on any atom is 0.258 e. The van der Waals surface area contributed by atoms with Gasteiger partial charge in [0.2, 0.25) is 0 Å². The minimum absolute atomic E-state index is 0.294. The van der Waals surface area contributed by atoms with Gasteiger partial charge < -0.3 is 0 Å². The molecule has 4 aliphatic rings. The third-order valence-electron chi connectivity index (χ3n) is 7.19. The van der Waals surface area contributed by atoms with Gasteiger partial charge in [0.25, 0.3) is 47.3 Å². The monoisotopic (exact) mass is 532 g/mol. The van der Waals surface area contributed by atoms with E-state index in [0.717, 1.165) is 0 Å². The molecule has 8 rings (SSSR count). The summed E-state index contributed by atoms with van der Waals surface area (Å²) in [6.45, 7) is 0. The molecular formula is C28H12N4O8. The Bertz CT molecular complexity index is 1630. The summed E-state index contributed by atoms with van der Waals surface area (Å²) < 4.78 is 0. The molecule has 4 aromatic rings. The molecule has 0 aromatic heterocycles. The van der Waals surface area contributed by atoms with E-state index in [9.17, 15) is 38.4 Å². The Labute approximate surface area is 221 Å². The van der Waals surface area contributed by atoms with Crippen LogP contribution < -0.4 is 21.3 Å². The second-order valence-corrected chi connectivity index (χ2v) is 9.28. The highest BCUT2D eigenvalue weighted by Gasteiger charge is 2.34. The summed E-state index contributed by atoms with van der Waals surface area (Å²) in [6.07, 6.45) is 0. The van der Waals surface area contributed by atoms with Gasteiger partial charge in [0, 0.05) is 66.1 Å². The number of amides is 8. The summed E-state index contributed by atoms with van der Waals surface area (Å²) in [5.74, 6) is -4.19. The number of imide groups is 4. The lowest BCUT2D eigenvalue weighted by molar-refractivity contribution is 0.0823. The number of carbonyl (C=O) groups is 8. The Morgan fingerprint density at radius 2 is 0.375 bits per heavy atom. The standard InChI is InChI=1S/2C14H6N2O4/c2*17-11-5-1-2-6-10-8(14(20)16-12(6)18)4-3-7(9(5)10)13(19)15-11/h2*1-4H,(H,15,17,19)(H,16,18,20). The zero-order chi connectivity index (χ0) is 28.0. The summed E-state index contributed by atoms with van der Waals surface area (Å²) in [5, 5.41) is 10.4. The molecule has 0 atom stereocenters. The maximum atomic E-state index is 11.9. The average Bonchev–Trinajstić information content (AvgIpc) is 2.92. The number of hydrogen-bond donors (Lipinski definition) is 4. The lowest BCUT2D eigenvalue weighted by Gasteiger charge is -2.22. The quantitative estimate of drug-likeness (QED) is 0.244. The zero-order valence-corrected chi connectivity index (χ0v) is 19.9. The van der Waals surface area contributed by atoms with Gasteiger partial charge in [-0.1, -0.05) is 0 Å². The molecule has 0 saturated carbocycles. The van der Waals surface area contributed by atoms with Crippen LogP contribution in [-0.4, -0.2) is 47.3 Å². The average molecular weight is 532 g/mol. The maximum absolute atomic E-state index is 11.9. The molecule has 0 radical (unpaired) electrons. The van der Waals surface area contributed by atoms with Gasteiger partial charge in [-0.05, 0) is 48.5 Å². The van der Waals surface area contributed by atoms with Crippen molar-refractivity contribution < 1.29 is 38.4 Å². The number of nitrogens with one attached hydrogen (secondary N) is 4. The van der Waals surface area contributed by atoms with Gasteiger partial charge >= 0.3 is 0 Å². The van der Waals surface area contributed by atoms with Crippen LogP contribution in [0.1, 0.15) is 82.9 Å². The third kappa shape index (κ3) is 2.95. The highest BCUT2D eigenvalue weighted by molar-refractivity contribution is 6.34. The van der Waals surface area contributed by atoms with Crippen molar-refractivity contribution in [1.82, 2.24) is 21.3 Å². The molecule has 192 valence electrons. The predicted octanol–water partition coefficient (Wildman–Crippen LogP) is 1.21. The molecule has 8 amide bonds. The summed E-state index contributed by atoms with van der Waals surface area (Å²) >= 11 is 0. The van der Waals surface area contributed by atoms with Gasteiger partial charge in [-0.25, -0.2) is 0 Å².